The molecular weight excluding hydrogens is 616 g/mol. The number of esters is 1. The first-order valence-electron chi connectivity index (χ1n) is 10.9. The summed E-state index contributed by atoms with van der Waals surface area (Å²) in [6.07, 6.45) is 1.78. The van der Waals surface area contributed by atoms with Crippen molar-refractivity contribution in [2.24, 2.45) is 4.99 Å². The zero-order valence-electron chi connectivity index (χ0n) is 19.5. The predicted molar refractivity (Wildman–Crippen MR) is 141 cm³/mol. The van der Waals surface area contributed by atoms with E-state index in [2.05, 4.69) is 36.9 Å². The van der Waals surface area contributed by atoms with Crippen LogP contribution in [0.3, 0.4) is 0 Å². The number of rotatable bonds is 5. The van der Waals surface area contributed by atoms with Crippen molar-refractivity contribution in [2.75, 3.05) is 20.5 Å². The Hall–Kier alpha value is -2.89. The number of carbonyl (C=O) groups is 1. The number of hydrogen-bond donors (Lipinski definition) is 0. The van der Waals surface area contributed by atoms with Crippen molar-refractivity contribution in [1.29, 1.82) is 0 Å². The summed E-state index contributed by atoms with van der Waals surface area (Å²) in [7, 11) is 1.57. The average molecular weight is 636 g/mol. The van der Waals surface area contributed by atoms with Crippen molar-refractivity contribution >= 4 is 55.2 Å². The van der Waals surface area contributed by atoms with E-state index >= 15 is 0 Å². The molecule has 0 saturated carbocycles. The van der Waals surface area contributed by atoms with Gasteiger partial charge in [0.25, 0.3) is 5.56 Å². The van der Waals surface area contributed by atoms with Gasteiger partial charge in [0.15, 0.2) is 16.3 Å². The van der Waals surface area contributed by atoms with Crippen LogP contribution in [-0.4, -0.2) is 31.0 Å². The van der Waals surface area contributed by atoms with Gasteiger partial charge in [0.1, 0.15) is 5.75 Å². The van der Waals surface area contributed by atoms with Crippen LogP contribution in [0.5, 0.6) is 17.2 Å². The maximum absolute atomic E-state index is 13.8. The largest absolute Gasteiger partial charge is 0.496 e. The summed E-state index contributed by atoms with van der Waals surface area (Å²) in [5.74, 6) is 1.37. The molecule has 0 bridgehead atoms. The first-order valence-corrected chi connectivity index (χ1v) is 13.3. The number of aromatic nitrogens is 1. The van der Waals surface area contributed by atoms with Gasteiger partial charge in [-0.3, -0.25) is 9.36 Å². The van der Waals surface area contributed by atoms with Gasteiger partial charge in [0.2, 0.25) is 6.79 Å². The molecule has 0 aliphatic carbocycles. The highest BCUT2D eigenvalue weighted by molar-refractivity contribution is 9.10. The summed E-state index contributed by atoms with van der Waals surface area (Å²) in [6.45, 7) is 3.85. The molecule has 0 N–H and O–H groups in total. The lowest BCUT2D eigenvalue weighted by atomic mass is 9.96. The zero-order valence-corrected chi connectivity index (χ0v) is 23.5. The molecule has 2 aromatic carbocycles. The van der Waals surface area contributed by atoms with Crippen LogP contribution in [0.4, 0.5) is 0 Å². The van der Waals surface area contributed by atoms with Gasteiger partial charge in [-0.1, -0.05) is 33.3 Å². The van der Waals surface area contributed by atoms with Gasteiger partial charge in [-0.05, 0) is 71.2 Å². The van der Waals surface area contributed by atoms with Gasteiger partial charge < -0.3 is 18.9 Å². The van der Waals surface area contributed by atoms with Crippen molar-refractivity contribution in [3.63, 3.8) is 0 Å². The Morgan fingerprint density at radius 1 is 1.22 bits per heavy atom. The normalized spacial score (nSPS) is 16.6. The third-order valence-corrected chi connectivity index (χ3v) is 8.08. The molecule has 1 aromatic heterocycles. The third-order valence-electron chi connectivity index (χ3n) is 5.79. The standard InChI is InChI=1S/C25H20Br2N2O6S/c1-4-33-24(31)21-12(2)28-25-29(22(21)13-5-6-17(32-3)16(27)7-13)23(30)20(36-25)9-14-8-18-19(10-15(14)26)35-11-34-18/h5-10,22H,4,11H2,1-3H3/b20-9+/t22-/m0/s1. The minimum atomic E-state index is -0.718. The fourth-order valence-corrected chi connectivity index (χ4v) is 6.18. The summed E-state index contributed by atoms with van der Waals surface area (Å²) in [4.78, 5) is 31.9. The molecule has 1 atom stereocenters. The molecule has 2 aliphatic rings. The number of hydrogen-bond acceptors (Lipinski definition) is 8. The van der Waals surface area contributed by atoms with Crippen LogP contribution < -0.4 is 29.1 Å². The van der Waals surface area contributed by atoms with Gasteiger partial charge in [0, 0.05) is 4.47 Å². The van der Waals surface area contributed by atoms with E-state index in [0.717, 1.165) is 15.6 Å². The van der Waals surface area contributed by atoms with Crippen molar-refractivity contribution in [2.45, 2.75) is 19.9 Å². The lowest BCUT2D eigenvalue weighted by Crippen LogP contribution is -2.40. The summed E-state index contributed by atoms with van der Waals surface area (Å²) in [5, 5.41) is 0. The molecule has 0 amide bonds. The Bertz CT molecular complexity index is 1610. The second-order valence-corrected chi connectivity index (χ2v) is 10.6. The molecule has 0 fully saturated rings. The smallest absolute Gasteiger partial charge is 0.338 e. The molecule has 3 heterocycles. The van der Waals surface area contributed by atoms with Crippen LogP contribution in [0.25, 0.3) is 6.08 Å². The SMILES string of the molecule is CCOC(=O)C1=C(C)N=c2s/c(=C/c3cc4c(cc3Br)OCO4)c(=O)n2[C@H]1c1ccc(OC)c(Br)c1. The highest BCUT2D eigenvalue weighted by Gasteiger charge is 2.33. The van der Waals surface area contributed by atoms with E-state index in [0.29, 0.717) is 42.3 Å². The number of methoxy groups -OCH3 is 1. The Morgan fingerprint density at radius 3 is 2.67 bits per heavy atom. The number of thiazole rings is 1. The molecule has 0 saturated heterocycles. The highest BCUT2D eigenvalue weighted by Crippen LogP contribution is 2.37. The van der Waals surface area contributed by atoms with Crippen molar-refractivity contribution < 1.29 is 23.7 Å². The first-order chi connectivity index (χ1) is 17.3. The second-order valence-electron chi connectivity index (χ2n) is 7.92. The van der Waals surface area contributed by atoms with Crippen molar-refractivity contribution in [1.82, 2.24) is 4.57 Å². The van der Waals surface area contributed by atoms with Crippen molar-refractivity contribution in [3.05, 3.63) is 81.4 Å². The number of halogens is 2. The minimum Gasteiger partial charge on any atom is -0.496 e. The number of nitrogens with zero attached hydrogens (tertiary/aromatic N) is 2. The summed E-state index contributed by atoms with van der Waals surface area (Å²) in [6, 6.07) is 8.37. The number of fused-ring (bicyclic) bond motifs is 2. The number of benzene rings is 2. The predicted octanol–water partition coefficient (Wildman–Crippen LogP) is 4.06. The fourth-order valence-electron chi connectivity index (χ4n) is 4.14. The molecule has 0 unspecified atom stereocenters. The molecule has 0 spiro atoms. The first kappa shape index (κ1) is 24.8. The van der Waals surface area contributed by atoms with Gasteiger partial charge in [-0.25, -0.2) is 9.79 Å². The lowest BCUT2D eigenvalue weighted by Gasteiger charge is -2.25. The fraction of sp³-hybridized carbons (Fsp3) is 0.240. The molecule has 8 nitrogen and oxygen atoms in total. The molecule has 3 aromatic rings. The van der Waals surface area contributed by atoms with E-state index in [1.165, 1.54) is 11.3 Å². The molecule has 36 heavy (non-hydrogen) atoms. The average Bonchev–Trinajstić information content (AvgIpc) is 3.42. The lowest BCUT2D eigenvalue weighted by molar-refractivity contribution is -0.139. The number of allylic oxidation sites excluding steroid dienone is 1. The topological polar surface area (TPSA) is 88.4 Å². The van der Waals surface area contributed by atoms with Crippen LogP contribution in [0, 0.1) is 0 Å². The quantitative estimate of drug-likeness (QED) is 0.393. The molecule has 5 rings (SSSR count). The van der Waals surface area contributed by atoms with Crippen LogP contribution in [0.15, 0.2) is 60.3 Å². The van der Waals surface area contributed by atoms with Crippen LogP contribution in [-0.2, 0) is 9.53 Å². The minimum absolute atomic E-state index is 0.154. The summed E-state index contributed by atoms with van der Waals surface area (Å²) in [5.41, 5.74) is 2.03. The number of carbonyl (C=O) groups excluding carboxylic acids is 1. The van der Waals surface area contributed by atoms with Crippen LogP contribution in [0.1, 0.15) is 31.0 Å². The van der Waals surface area contributed by atoms with E-state index in [-0.39, 0.29) is 19.0 Å². The van der Waals surface area contributed by atoms with Gasteiger partial charge in [-0.15, -0.1) is 0 Å². The summed E-state index contributed by atoms with van der Waals surface area (Å²) < 4.78 is 25.1. The van der Waals surface area contributed by atoms with Crippen molar-refractivity contribution in [3.8, 4) is 17.2 Å². The van der Waals surface area contributed by atoms with E-state index in [4.69, 9.17) is 18.9 Å². The Morgan fingerprint density at radius 2 is 1.97 bits per heavy atom. The second kappa shape index (κ2) is 9.87. The Kier molecular flexibility index (Phi) is 6.80. The summed E-state index contributed by atoms with van der Waals surface area (Å²) >= 11 is 8.32. The zero-order chi connectivity index (χ0) is 25.6. The monoisotopic (exact) mass is 634 g/mol. The number of ether oxygens (including phenoxy) is 4. The van der Waals surface area contributed by atoms with E-state index < -0.39 is 12.0 Å². The molecule has 186 valence electrons. The molecule has 2 aliphatic heterocycles. The van der Waals surface area contributed by atoms with Gasteiger partial charge in [-0.2, -0.15) is 0 Å². The highest BCUT2D eigenvalue weighted by atomic mass is 79.9. The van der Waals surface area contributed by atoms with Crippen LogP contribution >= 0.6 is 43.2 Å². The molecule has 0 radical (unpaired) electrons. The van der Waals surface area contributed by atoms with E-state index in [9.17, 15) is 9.59 Å². The maximum atomic E-state index is 13.8. The third kappa shape index (κ3) is 4.29. The Labute approximate surface area is 226 Å². The van der Waals surface area contributed by atoms with E-state index in [1.807, 2.05) is 24.3 Å². The molecular formula is C25H20Br2N2O6S. The van der Waals surface area contributed by atoms with Gasteiger partial charge >= 0.3 is 5.97 Å². The molecule has 11 heteroatoms. The Balaban J connectivity index is 1.72. The van der Waals surface area contributed by atoms with Gasteiger partial charge in [0.05, 0.1) is 40.0 Å². The van der Waals surface area contributed by atoms with E-state index in [1.54, 1.807) is 37.7 Å². The maximum Gasteiger partial charge on any atom is 0.338 e. The van der Waals surface area contributed by atoms with Crippen LogP contribution in [0.2, 0.25) is 0 Å².